The van der Waals surface area contributed by atoms with Gasteiger partial charge in [0.2, 0.25) is 11.8 Å². The van der Waals surface area contributed by atoms with Crippen molar-refractivity contribution in [3.8, 4) is 6.07 Å². The highest BCUT2D eigenvalue weighted by Crippen LogP contribution is 2.29. The number of carbonyl (C=O) groups is 2. The largest absolute Gasteiger partial charge is 0.370 e. The van der Waals surface area contributed by atoms with E-state index >= 15 is 0 Å². The van der Waals surface area contributed by atoms with E-state index in [1.54, 1.807) is 0 Å². The first-order valence-corrected chi connectivity index (χ1v) is 6.00. The summed E-state index contributed by atoms with van der Waals surface area (Å²) in [5, 5.41) is 11.8. The molecule has 0 radical (unpaired) electrons. The fourth-order valence-corrected chi connectivity index (χ4v) is 1.84. The van der Waals surface area contributed by atoms with Crippen LogP contribution in [0.25, 0.3) is 0 Å². The molecule has 17 heavy (non-hydrogen) atoms. The van der Waals surface area contributed by atoms with Crippen molar-refractivity contribution in [2.45, 2.75) is 46.0 Å². The van der Waals surface area contributed by atoms with Gasteiger partial charge >= 0.3 is 0 Å². The Labute approximate surface area is 102 Å². The summed E-state index contributed by atoms with van der Waals surface area (Å²) in [5.74, 6) is -0.746. The maximum absolute atomic E-state index is 12.0. The molecule has 96 valence electrons. The van der Waals surface area contributed by atoms with Crippen LogP contribution in [0.15, 0.2) is 0 Å². The number of carbonyl (C=O) groups excluding carboxylic acids is 2. The Morgan fingerprint density at radius 1 is 1.29 bits per heavy atom. The average Bonchev–Trinajstić information content (AvgIpc) is 2.27. The SMILES string of the molecule is CCCC(C#N)(CCC)C(=O)NCCC(N)=O. The molecule has 5 heteroatoms. The molecule has 0 saturated carbocycles. The summed E-state index contributed by atoms with van der Waals surface area (Å²) >= 11 is 0. The first-order valence-electron chi connectivity index (χ1n) is 6.00. The van der Waals surface area contributed by atoms with Crippen molar-refractivity contribution in [3.05, 3.63) is 0 Å². The van der Waals surface area contributed by atoms with Gasteiger partial charge in [-0.05, 0) is 12.8 Å². The second-order valence-corrected chi connectivity index (χ2v) is 4.17. The second-order valence-electron chi connectivity index (χ2n) is 4.17. The van der Waals surface area contributed by atoms with E-state index < -0.39 is 11.3 Å². The molecule has 0 heterocycles. The number of primary amides is 1. The lowest BCUT2D eigenvalue weighted by Crippen LogP contribution is -2.41. The van der Waals surface area contributed by atoms with Crippen molar-refractivity contribution < 1.29 is 9.59 Å². The van der Waals surface area contributed by atoms with E-state index in [-0.39, 0.29) is 18.9 Å². The van der Waals surface area contributed by atoms with Gasteiger partial charge in [-0.15, -0.1) is 0 Å². The minimum atomic E-state index is -0.957. The Hall–Kier alpha value is -1.57. The maximum Gasteiger partial charge on any atom is 0.240 e. The Bertz CT molecular complexity index is 301. The highest BCUT2D eigenvalue weighted by atomic mass is 16.2. The third-order valence-corrected chi connectivity index (χ3v) is 2.66. The zero-order chi connectivity index (χ0) is 13.3. The third-order valence-electron chi connectivity index (χ3n) is 2.66. The number of hydrogen-bond donors (Lipinski definition) is 2. The van der Waals surface area contributed by atoms with Gasteiger partial charge in [-0.1, -0.05) is 26.7 Å². The van der Waals surface area contributed by atoms with E-state index in [1.165, 1.54) is 0 Å². The van der Waals surface area contributed by atoms with Crippen molar-refractivity contribution >= 4 is 11.8 Å². The van der Waals surface area contributed by atoms with Crippen LogP contribution in [-0.4, -0.2) is 18.4 Å². The number of amides is 2. The molecule has 2 amide bonds. The molecule has 0 rings (SSSR count). The number of rotatable bonds is 8. The number of nitrogens with one attached hydrogen (secondary N) is 1. The third kappa shape index (κ3) is 4.85. The number of nitriles is 1. The van der Waals surface area contributed by atoms with Gasteiger partial charge in [0.1, 0.15) is 5.41 Å². The first kappa shape index (κ1) is 15.4. The van der Waals surface area contributed by atoms with E-state index in [0.29, 0.717) is 12.8 Å². The summed E-state index contributed by atoms with van der Waals surface area (Å²) in [6, 6.07) is 2.13. The van der Waals surface area contributed by atoms with Crippen molar-refractivity contribution in [2.75, 3.05) is 6.54 Å². The minimum absolute atomic E-state index is 0.103. The van der Waals surface area contributed by atoms with E-state index in [0.717, 1.165) is 12.8 Å². The Morgan fingerprint density at radius 2 is 1.82 bits per heavy atom. The Kier molecular flexibility index (Phi) is 6.95. The summed E-state index contributed by atoms with van der Waals surface area (Å²) < 4.78 is 0. The fourth-order valence-electron chi connectivity index (χ4n) is 1.84. The lowest BCUT2D eigenvalue weighted by Gasteiger charge is -2.24. The van der Waals surface area contributed by atoms with Crippen LogP contribution in [0.4, 0.5) is 0 Å². The molecule has 0 aromatic carbocycles. The zero-order valence-electron chi connectivity index (χ0n) is 10.6. The van der Waals surface area contributed by atoms with Crippen LogP contribution in [0.2, 0.25) is 0 Å². The average molecular weight is 239 g/mol. The van der Waals surface area contributed by atoms with Crippen LogP contribution in [0.5, 0.6) is 0 Å². The van der Waals surface area contributed by atoms with Crippen LogP contribution in [0.1, 0.15) is 46.0 Å². The highest BCUT2D eigenvalue weighted by molar-refractivity contribution is 5.85. The van der Waals surface area contributed by atoms with Gasteiger partial charge in [-0.3, -0.25) is 9.59 Å². The highest BCUT2D eigenvalue weighted by Gasteiger charge is 2.36. The van der Waals surface area contributed by atoms with Crippen LogP contribution in [0.3, 0.4) is 0 Å². The van der Waals surface area contributed by atoms with Crippen molar-refractivity contribution in [1.29, 1.82) is 5.26 Å². The second kappa shape index (κ2) is 7.66. The monoisotopic (exact) mass is 239 g/mol. The molecule has 3 N–H and O–H groups in total. The molecule has 0 aromatic rings. The van der Waals surface area contributed by atoms with Crippen LogP contribution < -0.4 is 11.1 Å². The fraction of sp³-hybridized carbons (Fsp3) is 0.750. The maximum atomic E-state index is 12.0. The molecule has 5 nitrogen and oxygen atoms in total. The molecular weight excluding hydrogens is 218 g/mol. The predicted octanol–water partition coefficient (Wildman–Crippen LogP) is 1.09. The molecule has 0 spiro atoms. The smallest absolute Gasteiger partial charge is 0.240 e. The summed E-state index contributed by atoms with van der Waals surface area (Å²) in [6.07, 6.45) is 2.73. The lowest BCUT2D eigenvalue weighted by molar-refractivity contribution is -0.129. The van der Waals surface area contributed by atoms with Gasteiger partial charge in [0.05, 0.1) is 6.07 Å². The van der Waals surface area contributed by atoms with Crippen LogP contribution >= 0.6 is 0 Å². The molecule has 0 unspecified atom stereocenters. The minimum Gasteiger partial charge on any atom is -0.370 e. The molecule has 0 aliphatic rings. The molecular formula is C12H21N3O2. The number of hydrogen-bond acceptors (Lipinski definition) is 3. The lowest BCUT2D eigenvalue weighted by atomic mass is 9.80. The molecule has 0 aromatic heterocycles. The molecule has 0 fully saturated rings. The molecule has 0 aliphatic carbocycles. The van der Waals surface area contributed by atoms with Crippen molar-refractivity contribution in [1.82, 2.24) is 5.32 Å². The van der Waals surface area contributed by atoms with Gasteiger partial charge in [0.15, 0.2) is 0 Å². The topological polar surface area (TPSA) is 96.0 Å². The predicted molar refractivity (Wildman–Crippen MR) is 64.7 cm³/mol. The summed E-state index contributed by atoms with van der Waals surface area (Å²) in [7, 11) is 0. The number of nitrogens with two attached hydrogens (primary N) is 1. The van der Waals surface area contributed by atoms with Gasteiger partial charge in [-0.2, -0.15) is 5.26 Å². The summed E-state index contributed by atoms with van der Waals surface area (Å²) in [6.45, 7) is 4.09. The Balaban J connectivity index is 4.52. The van der Waals surface area contributed by atoms with Crippen molar-refractivity contribution in [2.24, 2.45) is 11.1 Å². The molecule has 0 atom stereocenters. The van der Waals surface area contributed by atoms with E-state index in [2.05, 4.69) is 11.4 Å². The molecule has 0 saturated heterocycles. The zero-order valence-corrected chi connectivity index (χ0v) is 10.6. The van der Waals surface area contributed by atoms with Crippen LogP contribution in [0, 0.1) is 16.7 Å². The molecule has 0 bridgehead atoms. The van der Waals surface area contributed by atoms with Gasteiger partial charge in [0.25, 0.3) is 0 Å². The van der Waals surface area contributed by atoms with E-state index in [9.17, 15) is 14.9 Å². The van der Waals surface area contributed by atoms with Gasteiger partial charge < -0.3 is 11.1 Å². The number of nitrogens with zero attached hydrogens (tertiary/aromatic N) is 1. The Morgan fingerprint density at radius 3 is 2.18 bits per heavy atom. The summed E-state index contributed by atoms with van der Waals surface area (Å²) in [5.41, 5.74) is 4.03. The van der Waals surface area contributed by atoms with Crippen LogP contribution in [-0.2, 0) is 9.59 Å². The van der Waals surface area contributed by atoms with Gasteiger partial charge in [0, 0.05) is 13.0 Å². The first-order chi connectivity index (χ1) is 8.02. The molecule has 0 aliphatic heterocycles. The van der Waals surface area contributed by atoms with E-state index in [4.69, 9.17) is 5.73 Å². The van der Waals surface area contributed by atoms with Crippen molar-refractivity contribution in [3.63, 3.8) is 0 Å². The van der Waals surface area contributed by atoms with Gasteiger partial charge in [-0.25, -0.2) is 0 Å². The normalized spacial score (nSPS) is 10.6. The van der Waals surface area contributed by atoms with E-state index in [1.807, 2.05) is 13.8 Å². The summed E-state index contributed by atoms with van der Waals surface area (Å²) in [4.78, 5) is 22.5. The standard InChI is InChI=1S/C12H21N3O2/c1-3-6-12(9-13,7-4-2)11(17)15-8-5-10(14)16/h3-8H2,1-2H3,(H2,14,16)(H,15,17). The quantitative estimate of drug-likeness (QED) is 0.663.